The number of halogens is 1. The van der Waals surface area contributed by atoms with Gasteiger partial charge in [0.2, 0.25) is 11.8 Å². The predicted molar refractivity (Wildman–Crippen MR) is 70.5 cm³/mol. The lowest BCUT2D eigenvalue weighted by Gasteiger charge is -2.38. The molecule has 2 aromatic rings. The molecule has 0 aromatic carbocycles. The highest BCUT2D eigenvalue weighted by Crippen LogP contribution is 2.39. The van der Waals surface area contributed by atoms with Gasteiger partial charge in [0.1, 0.15) is 0 Å². The van der Waals surface area contributed by atoms with Crippen LogP contribution in [0, 0.1) is 0 Å². The van der Waals surface area contributed by atoms with E-state index in [1.807, 2.05) is 17.1 Å². The van der Waals surface area contributed by atoms with E-state index in [0.717, 1.165) is 35.9 Å². The van der Waals surface area contributed by atoms with Crippen molar-refractivity contribution in [3.8, 4) is 0 Å². The molecule has 0 amide bonds. The van der Waals surface area contributed by atoms with Crippen molar-refractivity contribution in [2.24, 2.45) is 0 Å². The molecule has 0 atom stereocenters. The molecule has 19 heavy (non-hydrogen) atoms. The third-order valence-electron chi connectivity index (χ3n) is 3.65. The van der Waals surface area contributed by atoms with Crippen LogP contribution in [-0.4, -0.2) is 38.0 Å². The summed E-state index contributed by atoms with van der Waals surface area (Å²) in [6, 6.07) is 0.456. The zero-order valence-corrected chi connectivity index (χ0v) is 12.0. The maximum Gasteiger partial charge on any atom is 0.230 e. The molecule has 2 aromatic heterocycles. The second-order valence-electron chi connectivity index (χ2n) is 5.29. The first-order valence-corrected chi connectivity index (χ1v) is 7.31. The van der Waals surface area contributed by atoms with Crippen LogP contribution < -0.4 is 0 Å². The molecular formula is C12H14BrN5O. The van der Waals surface area contributed by atoms with E-state index in [9.17, 15) is 0 Å². The molecule has 2 fully saturated rings. The van der Waals surface area contributed by atoms with Crippen LogP contribution in [0.3, 0.4) is 0 Å². The monoisotopic (exact) mass is 323 g/mol. The Hall–Kier alpha value is -1.21. The van der Waals surface area contributed by atoms with Gasteiger partial charge in [-0.1, -0.05) is 0 Å². The van der Waals surface area contributed by atoms with Crippen LogP contribution in [-0.2, 0) is 6.54 Å². The summed E-state index contributed by atoms with van der Waals surface area (Å²) in [6.45, 7) is 2.71. The van der Waals surface area contributed by atoms with Crippen LogP contribution in [0.4, 0.5) is 0 Å². The molecule has 1 saturated carbocycles. The van der Waals surface area contributed by atoms with Gasteiger partial charge >= 0.3 is 0 Å². The van der Waals surface area contributed by atoms with Gasteiger partial charge in [0.05, 0.1) is 23.3 Å². The first kappa shape index (κ1) is 11.6. The van der Waals surface area contributed by atoms with Crippen molar-refractivity contribution >= 4 is 15.9 Å². The zero-order chi connectivity index (χ0) is 12.8. The first-order chi connectivity index (χ1) is 9.28. The number of likely N-dealkylation sites (tertiary alicyclic amines) is 1. The average molecular weight is 324 g/mol. The van der Waals surface area contributed by atoms with E-state index in [1.165, 1.54) is 12.8 Å². The second kappa shape index (κ2) is 4.42. The van der Waals surface area contributed by atoms with Crippen LogP contribution in [0.2, 0.25) is 0 Å². The smallest absolute Gasteiger partial charge is 0.230 e. The minimum Gasteiger partial charge on any atom is -0.424 e. The van der Waals surface area contributed by atoms with Crippen LogP contribution >= 0.6 is 15.9 Å². The fraction of sp³-hybridized carbons (Fsp3) is 0.583. The SMILES string of the molecule is Brc1cnn(C2CN(Cc3nnc(C4CC4)o3)C2)c1. The van der Waals surface area contributed by atoms with Gasteiger partial charge in [-0.15, -0.1) is 10.2 Å². The highest BCUT2D eigenvalue weighted by atomic mass is 79.9. The average Bonchev–Trinajstić information content (AvgIpc) is 2.94. The Balaban J connectivity index is 1.33. The third-order valence-corrected chi connectivity index (χ3v) is 4.06. The van der Waals surface area contributed by atoms with Gasteiger partial charge in [-0.2, -0.15) is 5.10 Å². The molecule has 1 aliphatic heterocycles. The quantitative estimate of drug-likeness (QED) is 0.860. The standard InChI is InChI=1S/C12H14BrN5O/c13-9-3-14-18(4-9)10-5-17(6-10)7-11-15-16-12(19-11)8-1-2-8/h3-4,8,10H,1-2,5-7H2. The lowest BCUT2D eigenvalue weighted by Crippen LogP contribution is -2.47. The lowest BCUT2D eigenvalue weighted by atomic mass is 10.1. The summed E-state index contributed by atoms with van der Waals surface area (Å²) < 4.78 is 8.69. The van der Waals surface area contributed by atoms with Crippen molar-refractivity contribution in [3.05, 3.63) is 28.6 Å². The molecule has 0 unspecified atom stereocenters. The lowest BCUT2D eigenvalue weighted by molar-refractivity contribution is 0.0810. The van der Waals surface area contributed by atoms with Crippen molar-refractivity contribution < 1.29 is 4.42 Å². The van der Waals surface area contributed by atoms with Gasteiger partial charge in [-0.25, -0.2) is 0 Å². The van der Waals surface area contributed by atoms with Crippen molar-refractivity contribution in [2.45, 2.75) is 31.3 Å². The normalized spacial score (nSPS) is 20.7. The van der Waals surface area contributed by atoms with Crippen LogP contribution in [0.25, 0.3) is 0 Å². The van der Waals surface area contributed by atoms with Crippen LogP contribution in [0.5, 0.6) is 0 Å². The van der Waals surface area contributed by atoms with Crippen LogP contribution in [0.1, 0.15) is 36.6 Å². The maximum absolute atomic E-state index is 5.67. The number of hydrogen-bond acceptors (Lipinski definition) is 5. The Morgan fingerprint density at radius 3 is 2.84 bits per heavy atom. The summed E-state index contributed by atoms with van der Waals surface area (Å²) >= 11 is 3.41. The number of rotatable bonds is 4. The molecule has 1 saturated heterocycles. The van der Waals surface area contributed by atoms with Gasteiger partial charge in [0.15, 0.2) is 0 Å². The summed E-state index contributed by atoms with van der Waals surface area (Å²) in [5.41, 5.74) is 0. The highest BCUT2D eigenvalue weighted by molar-refractivity contribution is 9.10. The first-order valence-electron chi connectivity index (χ1n) is 6.52. The Morgan fingerprint density at radius 1 is 1.32 bits per heavy atom. The molecule has 7 heteroatoms. The summed E-state index contributed by atoms with van der Waals surface area (Å²) in [5, 5.41) is 12.5. The molecule has 3 heterocycles. The van der Waals surface area contributed by atoms with Crippen molar-refractivity contribution in [1.29, 1.82) is 0 Å². The molecule has 0 N–H and O–H groups in total. The Kier molecular flexibility index (Phi) is 2.70. The molecule has 0 radical (unpaired) electrons. The van der Waals surface area contributed by atoms with Gasteiger partial charge in [-0.05, 0) is 28.8 Å². The maximum atomic E-state index is 5.67. The topological polar surface area (TPSA) is 60.0 Å². The molecule has 0 spiro atoms. The highest BCUT2D eigenvalue weighted by Gasteiger charge is 2.32. The van der Waals surface area contributed by atoms with Gasteiger partial charge in [0.25, 0.3) is 0 Å². The summed E-state index contributed by atoms with van der Waals surface area (Å²) in [7, 11) is 0. The number of aromatic nitrogens is 4. The second-order valence-corrected chi connectivity index (χ2v) is 6.21. The fourth-order valence-electron chi connectivity index (χ4n) is 2.37. The van der Waals surface area contributed by atoms with Gasteiger partial charge in [0, 0.05) is 25.2 Å². The van der Waals surface area contributed by atoms with Gasteiger partial charge < -0.3 is 4.42 Å². The van der Waals surface area contributed by atoms with E-state index >= 15 is 0 Å². The molecule has 1 aliphatic carbocycles. The largest absolute Gasteiger partial charge is 0.424 e. The molecule has 100 valence electrons. The number of hydrogen-bond donors (Lipinski definition) is 0. The molecule has 0 bridgehead atoms. The minimum atomic E-state index is 0.456. The third kappa shape index (κ3) is 2.32. The van der Waals surface area contributed by atoms with E-state index in [-0.39, 0.29) is 0 Å². The van der Waals surface area contributed by atoms with Crippen molar-refractivity contribution in [1.82, 2.24) is 24.9 Å². The van der Waals surface area contributed by atoms with E-state index in [4.69, 9.17) is 4.42 Å². The zero-order valence-electron chi connectivity index (χ0n) is 10.4. The minimum absolute atomic E-state index is 0.456. The van der Waals surface area contributed by atoms with Crippen molar-refractivity contribution in [2.75, 3.05) is 13.1 Å². The Bertz CT molecular complexity index is 584. The van der Waals surface area contributed by atoms with Crippen molar-refractivity contribution in [3.63, 3.8) is 0 Å². The number of nitrogens with zero attached hydrogens (tertiary/aromatic N) is 5. The Morgan fingerprint density at radius 2 is 2.16 bits per heavy atom. The molecular weight excluding hydrogens is 310 g/mol. The van der Waals surface area contributed by atoms with E-state index in [2.05, 4.69) is 36.1 Å². The summed E-state index contributed by atoms with van der Waals surface area (Å²) in [6.07, 6.45) is 6.23. The molecule has 2 aliphatic rings. The van der Waals surface area contributed by atoms with E-state index < -0.39 is 0 Å². The van der Waals surface area contributed by atoms with Gasteiger partial charge in [-0.3, -0.25) is 9.58 Å². The molecule has 6 nitrogen and oxygen atoms in total. The van der Waals surface area contributed by atoms with E-state index in [0.29, 0.717) is 12.0 Å². The Labute approximate surface area is 118 Å². The van der Waals surface area contributed by atoms with E-state index in [1.54, 1.807) is 0 Å². The fourth-order valence-corrected chi connectivity index (χ4v) is 2.67. The van der Waals surface area contributed by atoms with Crippen LogP contribution in [0.15, 0.2) is 21.3 Å². The summed E-state index contributed by atoms with van der Waals surface area (Å²) in [5.74, 6) is 2.09. The summed E-state index contributed by atoms with van der Waals surface area (Å²) in [4.78, 5) is 2.30. The predicted octanol–water partition coefficient (Wildman–Crippen LogP) is 1.96. The molecule has 4 rings (SSSR count).